The van der Waals surface area contributed by atoms with Gasteiger partial charge in [-0.3, -0.25) is 9.78 Å². The minimum absolute atomic E-state index is 0.197. The number of carbonyl (C=O) groups excluding carboxylic acids is 1. The average molecular weight is 609 g/mol. The summed E-state index contributed by atoms with van der Waals surface area (Å²) in [7, 11) is 0. The summed E-state index contributed by atoms with van der Waals surface area (Å²) in [5.74, 6) is -0.320. The minimum Gasteiger partial charge on any atom is -0.478 e. The van der Waals surface area contributed by atoms with E-state index in [-0.39, 0.29) is 23.1 Å². The maximum atomic E-state index is 13.9. The van der Waals surface area contributed by atoms with E-state index in [0.717, 1.165) is 11.5 Å². The molecular weight excluding hydrogens is 573 g/mol. The molecule has 1 saturated heterocycles. The molecule has 0 unspecified atom stereocenters. The van der Waals surface area contributed by atoms with E-state index in [4.69, 9.17) is 4.98 Å². The number of fused-ring (bicyclic) bond motifs is 1. The number of anilines is 1. The van der Waals surface area contributed by atoms with Crippen LogP contribution < -0.4 is 4.90 Å². The second-order valence-electron chi connectivity index (χ2n) is 12.3. The van der Waals surface area contributed by atoms with Gasteiger partial charge in [-0.15, -0.1) is 0 Å². The van der Waals surface area contributed by atoms with Crippen LogP contribution in [0.2, 0.25) is 0 Å². The quantitative estimate of drug-likeness (QED) is 0.277. The molecule has 1 N–H and O–H groups in total. The molecule has 0 aliphatic carbocycles. The van der Waals surface area contributed by atoms with E-state index in [1.807, 2.05) is 24.6 Å². The molecule has 0 aromatic carbocycles. The number of amides is 1. The number of aromatic carboxylic acids is 1. The third kappa shape index (κ3) is 5.85. The molecule has 0 atom stereocenters. The molecule has 1 fully saturated rings. The molecule has 44 heavy (non-hydrogen) atoms. The summed E-state index contributed by atoms with van der Waals surface area (Å²) in [5.41, 5.74) is 1.77. The topological polar surface area (TPSA) is 104 Å². The third-order valence-electron chi connectivity index (χ3n) is 7.94. The molecule has 0 saturated carbocycles. The highest BCUT2D eigenvalue weighted by atomic mass is 19.4. The van der Waals surface area contributed by atoms with Crippen molar-refractivity contribution in [2.45, 2.75) is 59.8 Å². The summed E-state index contributed by atoms with van der Waals surface area (Å²) in [6.07, 6.45) is -1.46. The van der Waals surface area contributed by atoms with Gasteiger partial charge in [0.15, 0.2) is 0 Å². The molecule has 1 aliphatic rings. The van der Waals surface area contributed by atoms with E-state index in [2.05, 4.69) is 28.7 Å². The number of aromatic nitrogens is 4. The highest BCUT2D eigenvalue weighted by Crippen LogP contribution is 2.34. The van der Waals surface area contributed by atoms with Crippen molar-refractivity contribution in [3.05, 3.63) is 70.9 Å². The summed E-state index contributed by atoms with van der Waals surface area (Å²) in [6, 6.07) is 7.59. The molecule has 5 heterocycles. The molecule has 232 valence electrons. The van der Waals surface area contributed by atoms with Crippen molar-refractivity contribution >= 4 is 28.7 Å². The van der Waals surface area contributed by atoms with Crippen molar-refractivity contribution in [2.24, 2.45) is 5.92 Å². The second-order valence-corrected chi connectivity index (χ2v) is 12.3. The Hall–Kier alpha value is -4.48. The maximum Gasteiger partial charge on any atom is 0.433 e. The number of nitrogens with zero attached hydrogens (tertiary/aromatic N) is 6. The van der Waals surface area contributed by atoms with Gasteiger partial charge in [-0.25, -0.2) is 14.8 Å². The van der Waals surface area contributed by atoms with E-state index in [1.165, 1.54) is 12.3 Å². The van der Waals surface area contributed by atoms with Crippen molar-refractivity contribution in [3.8, 4) is 11.1 Å². The Morgan fingerprint density at radius 3 is 2.36 bits per heavy atom. The van der Waals surface area contributed by atoms with Gasteiger partial charge >= 0.3 is 12.1 Å². The lowest BCUT2D eigenvalue weighted by Gasteiger charge is -2.47. The Morgan fingerprint density at radius 2 is 1.80 bits per heavy atom. The van der Waals surface area contributed by atoms with Crippen LogP contribution in [0.25, 0.3) is 22.2 Å². The predicted octanol–water partition coefficient (Wildman–Crippen LogP) is 6.22. The molecule has 9 nitrogen and oxygen atoms in total. The van der Waals surface area contributed by atoms with Crippen molar-refractivity contribution in [1.82, 2.24) is 24.4 Å². The smallest absolute Gasteiger partial charge is 0.433 e. The zero-order chi connectivity index (χ0) is 32.1. The van der Waals surface area contributed by atoms with Gasteiger partial charge in [0.1, 0.15) is 22.9 Å². The highest BCUT2D eigenvalue weighted by molar-refractivity contribution is 5.99. The van der Waals surface area contributed by atoms with Gasteiger partial charge in [-0.05, 0) is 63.4 Å². The van der Waals surface area contributed by atoms with Gasteiger partial charge in [-0.2, -0.15) is 13.2 Å². The molecule has 5 rings (SSSR count). The first-order valence-electron chi connectivity index (χ1n) is 14.4. The summed E-state index contributed by atoms with van der Waals surface area (Å²) < 4.78 is 41.2. The number of aryl methyl sites for hydroxylation is 2. The Balaban J connectivity index is 1.44. The number of hydrogen-bond donors (Lipinski definition) is 1. The number of carbonyl (C=O) groups is 2. The Kier molecular flexibility index (Phi) is 7.89. The minimum atomic E-state index is -4.53. The normalized spacial score (nSPS) is 15.3. The molecule has 0 radical (unpaired) electrons. The summed E-state index contributed by atoms with van der Waals surface area (Å²) in [4.78, 5) is 42.3. The van der Waals surface area contributed by atoms with E-state index in [0.29, 0.717) is 60.0 Å². The fraction of sp³-hybridized carbons (Fsp3) is 0.406. The molecule has 1 amide bonds. The predicted molar refractivity (Wildman–Crippen MR) is 161 cm³/mol. The molecule has 4 aromatic rings. The number of hydrogen-bond acceptors (Lipinski definition) is 6. The summed E-state index contributed by atoms with van der Waals surface area (Å²) in [6.45, 7) is 13.5. The van der Waals surface area contributed by atoms with Crippen LogP contribution in [-0.4, -0.2) is 66.6 Å². The van der Waals surface area contributed by atoms with Crippen molar-refractivity contribution in [1.29, 1.82) is 0 Å². The number of piperazine rings is 1. The van der Waals surface area contributed by atoms with Crippen LogP contribution in [0.4, 0.5) is 19.0 Å². The standard InChI is InChI=1S/C32H35F3N6O3/c1-18(2)15-40-16-23(21-7-10-25(36-14-21)32(33,34)35)22-8-9-24(38-28(22)40)29(42)41-12-11-39(17-31(41,5)6)26-13-19(3)27(30(43)44)20(4)37-26/h7-10,13-14,16,18H,11-12,15,17H2,1-6H3,(H,43,44). The number of alkyl halides is 3. The number of carboxylic acid groups (broad SMARTS) is 1. The largest absolute Gasteiger partial charge is 0.478 e. The SMILES string of the molecule is Cc1cc(N2CCN(C(=O)c3ccc4c(-c5ccc(C(F)(F)F)nc5)cn(CC(C)C)c4n3)C(C)(C)C2)nc(C)c1C(=O)O. The van der Waals surface area contributed by atoms with Crippen LogP contribution in [0.3, 0.4) is 0 Å². The first kappa shape index (κ1) is 31.0. The average Bonchev–Trinajstić information content (AvgIpc) is 3.28. The monoisotopic (exact) mass is 608 g/mol. The van der Waals surface area contributed by atoms with Gasteiger partial charge in [0.25, 0.3) is 5.91 Å². The molecule has 4 aromatic heterocycles. The molecule has 0 spiro atoms. The summed E-state index contributed by atoms with van der Waals surface area (Å²) >= 11 is 0. The Morgan fingerprint density at radius 1 is 1.07 bits per heavy atom. The van der Waals surface area contributed by atoms with E-state index >= 15 is 0 Å². The number of rotatable bonds is 6. The molecule has 12 heteroatoms. The van der Waals surface area contributed by atoms with Gasteiger partial charge in [0.2, 0.25) is 0 Å². The van der Waals surface area contributed by atoms with E-state index in [9.17, 15) is 27.9 Å². The fourth-order valence-electron chi connectivity index (χ4n) is 5.93. The first-order valence-corrected chi connectivity index (χ1v) is 14.4. The number of carboxylic acids is 1. The Labute approximate surface area is 253 Å². The van der Waals surface area contributed by atoms with Gasteiger partial charge in [0, 0.05) is 55.1 Å². The lowest BCUT2D eigenvalue weighted by molar-refractivity contribution is -0.141. The van der Waals surface area contributed by atoms with Gasteiger partial charge in [0.05, 0.1) is 16.8 Å². The number of pyridine rings is 3. The van der Waals surface area contributed by atoms with Crippen molar-refractivity contribution < 1.29 is 27.9 Å². The van der Waals surface area contributed by atoms with Gasteiger partial charge in [-0.1, -0.05) is 19.9 Å². The zero-order valence-corrected chi connectivity index (χ0v) is 25.5. The van der Waals surface area contributed by atoms with Crippen molar-refractivity contribution in [3.63, 3.8) is 0 Å². The summed E-state index contributed by atoms with van der Waals surface area (Å²) in [5, 5.41) is 10.2. The van der Waals surface area contributed by atoms with Gasteiger partial charge < -0.3 is 19.5 Å². The maximum absolute atomic E-state index is 13.9. The van der Waals surface area contributed by atoms with Crippen LogP contribution in [0.5, 0.6) is 0 Å². The van der Waals surface area contributed by atoms with Crippen LogP contribution in [0.15, 0.2) is 42.7 Å². The number of halogens is 3. The zero-order valence-electron chi connectivity index (χ0n) is 25.5. The Bertz CT molecular complexity index is 1720. The van der Waals surface area contributed by atoms with Crippen LogP contribution in [0.1, 0.15) is 65.5 Å². The van der Waals surface area contributed by atoms with Crippen LogP contribution in [0, 0.1) is 19.8 Å². The molecular formula is C32H35F3N6O3. The highest BCUT2D eigenvalue weighted by Gasteiger charge is 2.38. The van der Waals surface area contributed by atoms with Crippen LogP contribution in [-0.2, 0) is 12.7 Å². The first-order chi connectivity index (χ1) is 20.6. The fourth-order valence-corrected chi connectivity index (χ4v) is 5.93. The van der Waals surface area contributed by atoms with E-state index < -0.39 is 23.4 Å². The van der Waals surface area contributed by atoms with Crippen LogP contribution >= 0.6 is 0 Å². The lowest BCUT2D eigenvalue weighted by Crippen LogP contribution is -2.61. The molecule has 0 bridgehead atoms. The molecule has 1 aliphatic heterocycles. The lowest BCUT2D eigenvalue weighted by atomic mass is 9.97. The second kappa shape index (κ2) is 11.2. The van der Waals surface area contributed by atoms with Crippen molar-refractivity contribution in [2.75, 3.05) is 24.5 Å². The third-order valence-corrected chi connectivity index (χ3v) is 7.94. The van der Waals surface area contributed by atoms with E-state index in [1.54, 1.807) is 36.9 Å².